The summed E-state index contributed by atoms with van der Waals surface area (Å²) in [6, 6.07) is 21.4. The number of carbonyl (C=O) groups is 1. The number of nitriles is 1. The number of aliphatic imine (C=N–C) groups is 1. The molecule has 4 rings (SSSR count). The topological polar surface area (TPSA) is 117 Å². The smallest absolute Gasteiger partial charge is 0.258 e. The van der Waals surface area contributed by atoms with Crippen LogP contribution in [0.25, 0.3) is 0 Å². The summed E-state index contributed by atoms with van der Waals surface area (Å²) in [5.41, 5.74) is 7.87. The van der Waals surface area contributed by atoms with Gasteiger partial charge < -0.3 is 20.1 Å². The van der Waals surface area contributed by atoms with Gasteiger partial charge in [-0.25, -0.2) is 4.98 Å². The first-order chi connectivity index (χ1) is 18.9. The summed E-state index contributed by atoms with van der Waals surface area (Å²) in [5.74, 6) is 0.861. The molecule has 0 radical (unpaired) electrons. The standard InChI is InChI=1S/C30H34N6O3/c1-35(29(32)34-21-31)24-14-17-30(18-15-24,23-12-8-5-9-13-23)20-36(28(37)22-10-6-4-7-11-22)26-25(38-2)16-19-33-27(26)39-3/h4-13,16,19,24H,14-15,17-18,20H2,1-3H3,(H2,32,34). The fraction of sp³-hybridized carbons (Fsp3) is 0.333. The predicted octanol–water partition coefficient (Wildman–Crippen LogP) is 4.35. The zero-order valence-corrected chi connectivity index (χ0v) is 22.6. The molecule has 0 spiro atoms. The fourth-order valence-electron chi connectivity index (χ4n) is 5.46. The number of anilines is 1. The van der Waals surface area contributed by atoms with Gasteiger partial charge in [-0.15, -0.1) is 4.99 Å². The van der Waals surface area contributed by atoms with E-state index in [-0.39, 0.29) is 23.3 Å². The normalized spacial score (nSPS) is 19.0. The van der Waals surface area contributed by atoms with Gasteiger partial charge in [0.15, 0.2) is 0 Å². The van der Waals surface area contributed by atoms with Crippen molar-refractivity contribution in [2.45, 2.75) is 37.1 Å². The maximum Gasteiger partial charge on any atom is 0.258 e. The van der Waals surface area contributed by atoms with Gasteiger partial charge in [0.05, 0.1) is 14.2 Å². The number of benzene rings is 2. The molecule has 1 aliphatic carbocycles. The minimum absolute atomic E-state index is 0.125. The van der Waals surface area contributed by atoms with Crippen molar-refractivity contribution in [1.29, 1.82) is 5.26 Å². The number of hydrogen-bond acceptors (Lipinski definition) is 6. The van der Waals surface area contributed by atoms with Crippen LogP contribution in [0, 0.1) is 11.5 Å². The Morgan fingerprint density at radius 2 is 1.72 bits per heavy atom. The molecule has 3 aromatic rings. The van der Waals surface area contributed by atoms with Crippen molar-refractivity contribution >= 4 is 17.6 Å². The molecule has 39 heavy (non-hydrogen) atoms. The molecule has 1 heterocycles. The van der Waals surface area contributed by atoms with E-state index < -0.39 is 0 Å². The Morgan fingerprint density at radius 3 is 2.31 bits per heavy atom. The van der Waals surface area contributed by atoms with E-state index in [1.807, 2.05) is 60.5 Å². The van der Waals surface area contributed by atoms with Crippen LogP contribution in [0.2, 0.25) is 0 Å². The number of aromatic nitrogens is 1. The third-order valence-electron chi connectivity index (χ3n) is 7.64. The van der Waals surface area contributed by atoms with E-state index in [0.29, 0.717) is 29.4 Å². The summed E-state index contributed by atoms with van der Waals surface area (Å²) >= 11 is 0. The van der Waals surface area contributed by atoms with Crippen molar-refractivity contribution < 1.29 is 14.3 Å². The highest BCUT2D eigenvalue weighted by Gasteiger charge is 2.42. The number of amides is 1. The summed E-state index contributed by atoms with van der Waals surface area (Å²) in [7, 11) is 4.98. The number of ether oxygens (including phenoxy) is 2. The molecule has 1 amide bonds. The molecule has 202 valence electrons. The van der Waals surface area contributed by atoms with Crippen LogP contribution in [-0.4, -0.2) is 55.6 Å². The van der Waals surface area contributed by atoms with Gasteiger partial charge in [0.1, 0.15) is 11.4 Å². The molecule has 1 aromatic heterocycles. The summed E-state index contributed by atoms with van der Waals surface area (Å²) in [6.45, 7) is 0.390. The number of rotatable bonds is 8. The molecule has 0 saturated heterocycles. The predicted molar refractivity (Wildman–Crippen MR) is 151 cm³/mol. The van der Waals surface area contributed by atoms with Crippen molar-refractivity contribution in [3.05, 3.63) is 84.1 Å². The van der Waals surface area contributed by atoms with Crippen molar-refractivity contribution in [2.75, 3.05) is 32.7 Å². The monoisotopic (exact) mass is 526 g/mol. The third-order valence-corrected chi connectivity index (χ3v) is 7.64. The van der Waals surface area contributed by atoms with E-state index in [4.69, 9.17) is 20.5 Å². The number of guanidine groups is 1. The minimum atomic E-state index is -0.365. The van der Waals surface area contributed by atoms with Crippen LogP contribution >= 0.6 is 0 Å². The molecule has 2 N–H and O–H groups in total. The molecule has 1 fully saturated rings. The Morgan fingerprint density at radius 1 is 1.08 bits per heavy atom. The van der Waals surface area contributed by atoms with Crippen LogP contribution in [0.5, 0.6) is 11.6 Å². The molecule has 9 heteroatoms. The van der Waals surface area contributed by atoms with Gasteiger partial charge in [-0.1, -0.05) is 48.5 Å². The summed E-state index contributed by atoms with van der Waals surface area (Å²) in [5, 5.41) is 8.95. The van der Waals surface area contributed by atoms with Gasteiger partial charge in [-0.3, -0.25) is 9.69 Å². The molecule has 9 nitrogen and oxygen atoms in total. The minimum Gasteiger partial charge on any atom is -0.494 e. The quantitative estimate of drug-likeness (QED) is 0.263. The molecule has 0 bridgehead atoms. The molecule has 0 unspecified atom stereocenters. The Bertz CT molecular complexity index is 1310. The lowest BCUT2D eigenvalue weighted by atomic mass is 9.67. The van der Waals surface area contributed by atoms with Gasteiger partial charge in [0.2, 0.25) is 18.0 Å². The average molecular weight is 527 g/mol. The van der Waals surface area contributed by atoms with E-state index in [9.17, 15) is 4.79 Å². The van der Waals surface area contributed by atoms with Crippen molar-refractivity contribution in [1.82, 2.24) is 9.88 Å². The van der Waals surface area contributed by atoms with Crippen LogP contribution in [-0.2, 0) is 5.41 Å². The number of pyridine rings is 1. The van der Waals surface area contributed by atoms with Gasteiger partial charge in [-0.2, -0.15) is 5.26 Å². The Labute approximate surface area is 229 Å². The summed E-state index contributed by atoms with van der Waals surface area (Å²) < 4.78 is 11.3. The average Bonchev–Trinajstić information content (AvgIpc) is 3.00. The number of carbonyl (C=O) groups excluding carboxylic acids is 1. The summed E-state index contributed by atoms with van der Waals surface area (Å²) in [4.78, 5) is 25.9. The first-order valence-corrected chi connectivity index (χ1v) is 12.9. The van der Waals surface area contributed by atoms with Crippen LogP contribution in [0.4, 0.5) is 5.69 Å². The highest BCUT2D eigenvalue weighted by molar-refractivity contribution is 6.07. The van der Waals surface area contributed by atoms with Crippen molar-refractivity contribution in [2.24, 2.45) is 10.7 Å². The number of hydrogen-bond donors (Lipinski definition) is 1. The van der Waals surface area contributed by atoms with Gasteiger partial charge >= 0.3 is 0 Å². The molecular formula is C30H34N6O3. The van der Waals surface area contributed by atoms with E-state index >= 15 is 0 Å². The van der Waals surface area contributed by atoms with Crippen LogP contribution in [0.3, 0.4) is 0 Å². The molecule has 0 atom stereocenters. The fourth-order valence-corrected chi connectivity index (χ4v) is 5.46. The number of nitrogens with two attached hydrogens (primary N) is 1. The highest BCUT2D eigenvalue weighted by Crippen LogP contribution is 2.45. The maximum absolute atomic E-state index is 14.2. The maximum atomic E-state index is 14.2. The van der Waals surface area contributed by atoms with Gasteiger partial charge in [-0.05, 0) is 43.4 Å². The van der Waals surface area contributed by atoms with Crippen LogP contribution in [0.1, 0.15) is 41.6 Å². The van der Waals surface area contributed by atoms with Crippen LogP contribution in [0.15, 0.2) is 77.9 Å². The third kappa shape index (κ3) is 5.80. The van der Waals surface area contributed by atoms with Crippen molar-refractivity contribution in [3.63, 3.8) is 0 Å². The van der Waals surface area contributed by atoms with Crippen molar-refractivity contribution in [3.8, 4) is 17.8 Å². The zero-order valence-electron chi connectivity index (χ0n) is 22.6. The Kier molecular flexibility index (Phi) is 8.67. The lowest BCUT2D eigenvalue weighted by molar-refractivity contribution is 0.0970. The van der Waals surface area contributed by atoms with Gasteiger partial charge in [0.25, 0.3) is 5.91 Å². The molecule has 1 aliphatic rings. The number of methoxy groups -OCH3 is 2. The molecule has 2 aromatic carbocycles. The molecular weight excluding hydrogens is 492 g/mol. The Hall–Kier alpha value is -4.58. The molecule has 1 saturated carbocycles. The van der Waals surface area contributed by atoms with E-state index in [0.717, 1.165) is 31.2 Å². The van der Waals surface area contributed by atoms with E-state index in [1.54, 1.807) is 30.5 Å². The highest BCUT2D eigenvalue weighted by atomic mass is 16.5. The largest absolute Gasteiger partial charge is 0.494 e. The van der Waals surface area contributed by atoms with Gasteiger partial charge in [0, 0.05) is 42.9 Å². The van der Waals surface area contributed by atoms with E-state index in [2.05, 4.69) is 22.1 Å². The first-order valence-electron chi connectivity index (χ1n) is 12.9. The summed E-state index contributed by atoms with van der Waals surface area (Å²) in [6.07, 6.45) is 6.56. The second kappa shape index (κ2) is 12.3. The second-order valence-corrected chi connectivity index (χ2v) is 9.69. The Balaban J connectivity index is 1.79. The zero-order chi connectivity index (χ0) is 27.8. The van der Waals surface area contributed by atoms with Crippen LogP contribution < -0.4 is 20.1 Å². The second-order valence-electron chi connectivity index (χ2n) is 9.69. The first kappa shape index (κ1) is 27.5. The SMILES string of the molecule is COc1ccnc(OC)c1N(CC1(c2ccccc2)CCC(N(C)C(N)=NC#N)CC1)C(=O)c1ccccc1. The lowest BCUT2D eigenvalue weighted by Crippen LogP contribution is -2.50. The lowest BCUT2D eigenvalue weighted by Gasteiger charge is -2.45. The number of nitrogens with zero attached hydrogens (tertiary/aromatic N) is 5. The molecule has 0 aliphatic heterocycles. The van der Waals surface area contributed by atoms with E-state index in [1.165, 1.54) is 7.11 Å².